The summed E-state index contributed by atoms with van der Waals surface area (Å²) in [7, 11) is 1.27. The van der Waals surface area contributed by atoms with E-state index in [0.717, 1.165) is 0 Å². The highest BCUT2D eigenvalue weighted by atomic mass is 16.5. The van der Waals surface area contributed by atoms with Crippen LogP contribution in [-0.4, -0.2) is 32.8 Å². The Bertz CT molecular complexity index is 564. The van der Waals surface area contributed by atoms with Crippen LogP contribution in [0.25, 0.3) is 5.82 Å². The molecule has 0 aromatic carbocycles. The fourth-order valence-electron chi connectivity index (χ4n) is 1.33. The van der Waals surface area contributed by atoms with Crippen LogP contribution in [0.3, 0.4) is 0 Å². The molecule has 0 saturated carbocycles. The summed E-state index contributed by atoms with van der Waals surface area (Å²) < 4.78 is 5.98. The maximum absolute atomic E-state index is 11.3. The van der Waals surface area contributed by atoms with E-state index in [1.165, 1.54) is 18.0 Å². The van der Waals surface area contributed by atoms with Gasteiger partial charge in [-0.05, 0) is 6.92 Å². The van der Waals surface area contributed by atoms with Crippen molar-refractivity contribution in [3.05, 3.63) is 30.0 Å². The lowest BCUT2D eigenvalue weighted by Gasteiger charge is -1.99. The summed E-state index contributed by atoms with van der Waals surface area (Å²) >= 11 is 0. The molecule has 2 rings (SSSR count). The zero-order valence-electron chi connectivity index (χ0n) is 9.41. The summed E-state index contributed by atoms with van der Waals surface area (Å²) in [6.45, 7) is 1.76. The molecule has 2 heterocycles. The number of anilines is 1. The summed E-state index contributed by atoms with van der Waals surface area (Å²) in [5.41, 5.74) is 5.98. The van der Waals surface area contributed by atoms with E-state index < -0.39 is 5.97 Å². The molecule has 0 unspecified atom stereocenters. The fourth-order valence-corrected chi connectivity index (χ4v) is 1.33. The van der Waals surface area contributed by atoms with Crippen LogP contribution in [0.4, 0.5) is 5.69 Å². The minimum atomic E-state index is -0.577. The van der Waals surface area contributed by atoms with Crippen LogP contribution < -0.4 is 5.73 Å². The molecule has 0 radical (unpaired) electrons. The molecule has 0 bridgehead atoms. The van der Waals surface area contributed by atoms with Crippen molar-refractivity contribution in [2.24, 2.45) is 0 Å². The standard InChI is InChI=1S/C10H11N5O2/c1-6-12-4-3-8(13-6)15-5-7(11)9(14-15)10(16)17-2/h3-5H,11H2,1-2H3. The van der Waals surface area contributed by atoms with Crippen LogP contribution in [0, 0.1) is 6.92 Å². The first-order valence-corrected chi connectivity index (χ1v) is 4.85. The Morgan fingerprint density at radius 2 is 2.29 bits per heavy atom. The van der Waals surface area contributed by atoms with Gasteiger partial charge in [-0.3, -0.25) is 0 Å². The molecular weight excluding hydrogens is 222 g/mol. The molecule has 7 heteroatoms. The van der Waals surface area contributed by atoms with Crippen molar-refractivity contribution in [1.82, 2.24) is 19.7 Å². The number of esters is 1. The topological polar surface area (TPSA) is 95.9 Å². The molecule has 2 aromatic rings. The first kappa shape index (κ1) is 11.1. The van der Waals surface area contributed by atoms with E-state index in [-0.39, 0.29) is 11.4 Å². The molecule has 0 aliphatic heterocycles. The Kier molecular flexibility index (Phi) is 2.73. The minimum absolute atomic E-state index is 0.0729. The summed E-state index contributed by atoms with van der Waals surface area (Å²) in [4.78, 5) is 19.5. The maximum atomic E-state index is 11.3. The van der Waals surface area contributed by atoms with E-state index in [4.69, 9.17) is 5.73 Å². The van der Waals surface area contributed by atoms with E-state index in [1.807, 2.05) is 0 Å². The maximum Gasteiger partial charge on any atom is 0.360 e. The Hall–Kier alpha value is -2.44. The van der Waals surface area contributed by atoms with Crippen molar-refractivity contribution in [2.45, 2.75) is 6.92 Å². The lowest BCUT2D eigenvalue weighted by Crippen LogP contribution is -2.06. The number of rotatable bonds is 2. The Balaban J connectivity index is 2.44. The van der Waals surface area contributed by atoms with Crippen LogP contribution in [-0.2, 0) is 4.74 Å². The fraction of sp³-hybridized carbons (Fsp3) is 0.200. The van der Waals surface area contributed by atoms with Crippen LogP contribution in [0.2, 0.25) is 0 Å². The lowest BCUT2D eigenvalue weighted by molar-refractivity contribution is 0.0594. The monoisotopic (exact) mass is 233 g/mol. The molecule has 2 aromatic heterocycles. The van der Waals surface area contributed by atoms with Gasteiger partial charge in [0.15, 0.2) is 11.5 Å². The van der Waals surface area contributed by atoms with Crippen molar-refractivity contribution in [1.29, 1.82) is 0 Å². The van der Waals surface area contributed by atoms with Crippen molar-refractivity contribution >= 4 is 11.7 Å². The predicted octanol–water partition coefficient (Wildman–Crippen LogP) is 0.340. The highest BCUT2D eigenvalue weighted by molar-refractivity contribution is 5.92. The Morgan fingerprint density at radius 1 is 1.53 bits per heavy atom. The number of nitrogens with two attached hydrogens (primary N) is 1. The second kappa shape index (κ2) is 4.20. The molecule has 2 N–H and O–H groups in total. The van der Waals surface area contributed by atoms with E-state index >= 15 is 0 Å². The van der Waals surface area contributed by atoms with Gasteiger partial charge in [-0.25, -0.2) is 19.4 Å². The molecule has 0 aliphatic rings. The molecule has 0 spiro atoms. The van der Waals surface area contributed by atoms with Gasteiger partial charge in [-0.15, -0.1) is 0 Å². The summed E-state index contributed by atoms with van der Waals surface area (Å²) in [5.74, 6) is 0.572. The number of carbonyl (C=O) groups excluding carboxylic acids is 1. The van der Waals surface area contributed by atoms with Crippen molar-refractivity contribution in [2.75, 3.05) is 12.8 Å². The Morgan fingerprint density at radius 3 is 2.94 bits per heavy atom. The van der Waals surface area contributed by atoms with E-state index in [2.05, 4.69) is 19.8 Å². The smallest absolute Gasteiger partial charge is 0.360 e. The zero-order valence-corrected chi connectivity index (χ0v) is 9.41. The number of nitrogens with zero attached hydrogens (tertiary/aromatic N) is 4. The summed E-state index contributed by atoms with van der Waals surface area (Å²) in [6.07, 6.45) is 3.11. The van der Waals surface area contributed by atoms with Crippen LogP contribution in [0.15, 0.2) is 18.5 Å². The molecule has 0 fully saturated rings. The van der Waals surface area contributed by atoms with E-state index in [9.17, 15) is 4.79 Å². The number of ether oxygens (including phenoxy) is 1. The van der Waals surface area contributed by atoms with Crippen LogP contribution in [0.5, 0.6) is 0 Å². The first-order chi connectivity index (χ1) is 8.11. The third-order valence-corrected chi connectivity index (χ3v) is 2.12. The molecule has 0 atom stereocenters. The normalized spacial score (nSPS) is 10.2. The van der Waals surface area contributed by atoms with Gasteiger partial charge in [0.2, 0.25) is 0 Å². The summed E-state index contributed by atoms with van der Waals surface area (Å²) in [6, 6.07) is 1.67. The number of hydrogen-bond acceptors (Lipinski definition) is 6. The van der Waals surface area contributed by atoms with Gasteiger partial charge in [0.1, 0.15) is 5.82 Å². The number of carbonyl (C=O) groups is 1. The first-order valence-electron chi connectivity index (χ1n) is 4.85. The second-order valence-corrected chi connectivity index (χ2v) is 3.33. The van der Waals surface area contributed by atoms with Gasteiger partial charge in [-0.1, -0.05) is 0 Å². The van der Waals surface area contributed by atoms with Gasteiger partial charge in [0.25, 0.3) is 0 Å². The van der Waals surface area contributed by atoms with Gasteiger partial charge in [0.05, 0.1) is 19.0 Å². The van der Waals surface area contributed by atoms with Gasteiger partial charge in [0, 0.05) is 12.3 Å². The summed E-state index contributed by atoms with van der Waals surface area (Å²) in [5, 5.41) is 4.02. The molecule has 0 amide bonds. The third kappa shape index (κ3) is 2.07. The number of aromatic nitrogens is 4. The number of hydrogen-bond donors (Lipinski definition) is 1. The number of nitrogen functional groups attached to an aromatic ring is 1. The predicted molar refractivity (Wildman–Crippen MR) is 59.6 cm³/mol. The van der Waals surface area contributed by atoms with Gasteiger partial charge < -0.3 is 10.5 Å². The van der Waals surface area contributed by atoms with Crippen molar-refractivity contribution in [3.63, 3.8) is 0 Å². The molecule has 17 heavy (non-hydrogen) atoms. The SMILES string of the molecule is COC(=O)c1nn(-c2ccnc(C)n2)cc1N. The quantitative estimate of drug-likeness (QED) is 0.751. The third-order valence-electron chi connectivity index (χ3n) is 2.12. The van der Waals surface area contributed by atoms with E-state index in [0.29, 0.717) is 11.6 Å². The lowest BCUT2D eigenvalue weighted by atomic mass is 10.4. The zero-order chi connectivity index (χ0) is 12.4. The molecule has 7 nitrogen and oxygen atoms in total. The van der Waals surface area contributed by atoms with Crippen LogP contribution >= 0.6 is 0 Å². The highest BCUT2D eigenvalue weighted by Crippen LogP contribution is 2.13. The van der Waals surface area contributed by atoms with Crippen molar-refractivity contribution in [3.8, 4) is 5.82 Å². The molecule has 88 valence electrons. The minimum Gasteiger partial charge on any atom is -0.464 e. The van der Waals surface area contributed by atoms with Crippen molar-refractivity contribution < 1.29 is 9.53 Å². The molecular formula is C10H11N5O2. The van der Waals surface area contributed by atoms with Crippen LogP contribution in [0.1, 0.15) is 16.3 Å². The second-order valence-electron chi connectivity index (χ2n) is 3.33. The van der Waals surface area contributed by atoms with Gasteiger partial charge in [-0.2, -0.15) is 5.10 Å². The molecule has 0 aliphatic carbocycles. The largest absolute Gasteiger partial charge is 0.464 e. The average Bonchev–Trinajstić information content (AvgIpc) is 2.70. The van der Waals surface area contributed by atoms with E-state index in [1.54, 1.807) is 19.2 Å². The Labute approximate surface area is 97.2 Å². The highest BCUT2D eigenvalue weighted by Gasteiger charge is 2.16. The van der Waals surface area contributed by atoms with Gasteiger partial charge >= 0.3 is 5.97 Å². The average molecular weight is 233 g/mol. The number of aryl methyl sites for hydroxylation is 1. The number of methoxy groups -OCH3 is 1. The molecule has 0 saturated heterocycles.